The first-order chi connectivity index (χ1) is 17.4. The highest BCUT2D eigenvalue weighted by atomic mass is 32.2. The topological polar surface area (TPSA) is 92.3 Å². The van der Waals surface area contributed by atoms with E-state index in [0.717, 1.165) is 82.8 Å². The highest BCUT2D eigenvalue weighted by molar-refractivity contribution is 7.91. The van der Waals surface area contributed by atoms with Crippen LogP contribution in [0, 0.1) is 19.7 Å². The van der Waals surface area contributed by atoms with E-state index >= 15 is 0 Å². The molecule has 0 saturated carbocycles. The second-order valence-corrected chi connectivity index (χ2v) is 10.8. The summed E-state index contributed by atoms with van der Waals surface area (Å²) in [4.78, 5) is 12.1. The number of nitrogens with zero attached hydrogens (tertiary/aromatic N) is 5. The molecule has 0 N–H and O–H groups in total. The third kappa shape index (κ3) is 5.11. The number of aromatic nitrogens is 4. The van der Waals surface area contributed by atoms with E-state index in [-0.39, 0.29) is 11.6 Å². The summed E-state index contributed by atoms with van der Waals surface area (Å²) in [6.07, 6.45) is 3.14. The Morgan fingerprint density at radius 3 is 2.64 bits per heavy atom. The van der Waals surface area contributed by atoms with Crippen LogP contribution < -0.4 is 4.74 Å². The standard InChI is InChI=1S/C26H30FN5O3S/c1-17-25(18(2)35-30-17)20-15-22-26(28-16-20)32(9-8-31-10-12-36(33)13-11-31)24(29-22)7-5-19-4-6-23(34-3)21(27)14-19/h4,6,14-16H,5,7-13H2,1-3H3. The summed E-state index contributed by atoms with van der Waals surface area (Å²) < 4.78 is 38.5. The van der Waals surface area contributed by atoms with E-state index in [2.05, 4.69) is 14.6 Å². The molecule has 0 aliphatic carbocycles. The Hall–Kier alpha value is -2.95. The van der Waals surface area contributed by atoms with Crippen LogP contribution in [0.3, 0.4) is 0 Å². The van der Waals surface area contributed by atoms with E-state index in [1.807, 2.05) is 32.2 Å². The normalized spacial score (nSPS) is 15.1. The summed E-state index contributed by atoms with van der Waals surface area (Å²) in [6, 6.07) is 7.10. The van der Waals surface area contributed by atoms with Gasteiger partial charge in [0.05, 0.1) is 12.8 Å². The fraction of sp³-hybridized carbons (Fsp3) is 0.423. The maximum Gasteiger partial charge on any atom is 0.165 e. The minimum atomic E-state index is -0.704. The Morgan fingerprint density at radius 1 is 1.14 bits per heavy atom. The molecule has 1 aliphatic rings. The molecule has 1 aromatic carbocycles. The Balaban J connectivity index is 1.44. The second kappa shape index (κ2) is 10.6. The van der Waals surface area contributed by atoms with Gasteiger partial charge in [0.15, 0.2) is 17.2 Å². The predicted octanol–water partition coefficient (Wildman–Crippen LogP) is 3.70. The van der Waals surface area contributed by atoms with E-state index in [9.17, 15) is 8.94 Å². The first kappa shape index (κ1) is 24.7. The van der Waals surface area contributed by atoms with Gasteiger partial charge in [-0.15, -0.1) is 0 Å². The van der Waals surface area contributed by atoms with E-state index in [1.54, 1.807) is 6.07 Å². The smallest absolute Gasteiger partial charge is 0.165 e. The van der Waals surface area contributed by atoms with Crippen LogP contribution in [0.2, 0.25) is 0 Å². The van der Waals surface area contributed by atoms with Crippen molar-refractivity contribution in [3.05, 3.63) is 59.1 Å². The summed E-state index contributed by atoms with van der Waals surface area (Å²) in [6.45, 7) is 7.04. The van der Waals surface area contributed by atoms with Gasteiger partial charge < -0.3 is 18.4 Å². The van der Waals surface area contributed by atoms with Crippen LogP contribution in [0.15, 0.2) is 35.0 Å². The van der Waals surface area contributed by atoms with Crippen molar-refractivity contribution < 1.29 is 18.2 Å². The molecule has 1 fully saturated rings. The Morgan fingerprint density at radius 2 is 1.94 bits per heavy atom. The number of aryl methyl sites for hydroxylation is 4. The summed E-state index contributed by atoms with van der Waals surface area (Å²) >= 11 is -0.704. The highest BCUT2D eigenvalue weighted by Crippen LogP contribution is 2.29. The lowest BCUT2D eigenvalue weighted by Crippen LogP contribution is -2.41. The molecule has 0 unspecified atom stereocenters. The molecule has 0 radical (unpaired) electrons. The fourth-order valence-electron chi connectivity index (χ4n) is 4.78. The van der Waals surface area contributed by atoms with Crippen molar-refractivity contribution >= 4 is 22.3 Å². The molecule has 4 aromatic rings. The number of hydrogen-bond donors (Lipinski definition) is 0. The van der Waals surface area contributed by atoms with E-state index in [1.165, 1.54) is 13.2 Å². The van der Waals surface area contributed by atoms with Gasteiger partial charge >= 0.3 is 0 Å². The first-order valence-electron chi connectivity index (χ1n) is 12.1. The molecular weight excluding hydrogens is 481 g/mol. The van der Waals surface area contributed by atoms with E-state index in [0.29, 0.717) is 12.8 Å². The number of ether oxygens (including phenoxy) is 1. The molecule has 1 saturated heterocycles. The lowest BCUT2D eigenvalue weighted by atomic mass is 10.1. The maximum atomic E-state index is 14.2. The maximum absolute atomic E-state index is 14.2. The second-order valence-electron chi connectivity index (χ2n) is 9.10. The third-order valence-corrected chi connectivity index (χ3v) is 8.03. The van der Waals surface area contributed by atoms with Crippen molar-refractivity contribution in [2.45, 2.75) is 33.2 Å². The predicted molar refractivity (Wildman–Crippen MR) is 137 cm³/mol. The highest BCUT2D eigenvalue weighted by Gasteiger charge is 2.21. The molecule has 190 valence electrons. The van der Waals surface area contributed by atoms with Gasteiger partial charge in [-0.2, -0.15) is 0 Å². The van der Waals surface area contributed by atoms with Gasteiger partial charge in [-0.3, -0.25) is 4.90 Å². The lowest BCUT2D eigenvalue weighted by Gasteiger charge is -2.28. The Labute approximate surface area is 212 Å². The molecule has 36 heavy (non-hydrogen) atoms. The van der Waals surface area contributed by atoms with Crippen molar-refractivity contribution in [2.75, 3.05) is 38.2 Å². The van der Waals surface area contributed by atoms with Crippen molar-refractivity contribution in [3.8, 4) is 16.9 Å². The number of hydrogen-bond acceptors (Lipinski definition) is 7. The number of methoxy groups -OCH3 is 1. The van der Waals surface area contributed by atoms with Crippen molar-refractivity contribution in [1.82, 2.24) is 24.6 Å². The number of fused-ring (bicyclic) bond motifs is 1. The summed E-state index contributed by atoms with van der Waals surface area (Å²) in [7, 11) is 1.46. The molecule has 0 atom stereocenters. The van der Waals surface area contributed by atoms with E-state index < -0.39 is 11.2 Å². The molecule has 0 spiro atoms. The van der Waals surface area contributed by atoms with Crippen LogP contribution in [-0.2, 0) is 30.6 Å². The van der Waals surface area contributed by atoms with Crippen LogP contribution in [0.5, 0.6) is 5.75 Å². The van der Waals surface area contributed by atoms with Crippen LogP contribution >= 0.6 is 0 Å². The Kier molecular flexibility index (Phi) is 7.27. The molecule has 8 nitrogen and oxygen atoms in total. The molecule has 3 aromatic heterocycles. The number of rotatable bonds is 8. The minimum Gasteiger partial charge on any atom is -0.616 e. The molecule has 1 aliphatic heterocycles. The zero-order valence-corrected chi connectivity index (χ0v) is 21.6. The van der Waals surface area contributed by atoms with Crippen molar-refractivity contribution in [3.63, 3.8) is 0 Å². The molecule has 5 rings (SSSR count). The van der Waals surface area contributed by atoms with Crippen LogP contribution in [0.4, 0.5) is 4.39 Å². The van der Waals surface area contributed by atoms with Crippen molar-refractivity contribution in [2.24, 2.45) is 0 Å². The van der Waals surface area contributed by atoms with Gasteiger partial charge in [0, 0.05) is 49.9 Å². The average Bonchev–Trinajstić information content (AvgIpc) is 3.40. The van der Waals surface area contributed by atoms with Crippen LogP contribution in [-0.4, -0.2) is 67.4 Å². The van der Waals surface area contributed by atoms with Gasteiger partial charge in [0.25, 0.3) is 0 Å². The number of imidazole rings is 1. The fourth-order valence-corrected chi connectivity index (χ4v) is 5.91. The molecule has 4 heterocycles. The van der Waals surface area contributed by atoms with Gasteiger partial charge in [-0.05, 0) is 44.0 Å². The van der Waals surface area contributed by atoms with Gasteiger partial charge in [0.2, 0.25) is 0 Å². The monoisotopic (exact) mass is 511 g/mol. The zero-order valence-electron chi connectivity index (χ0n) is 20.8. The largest absolute Gasteiger partial charge is 0.616 e. The summed E-state index contributed by atoms with van der Waals surface area (Å²) in [5, 5.41) is 4.07. The third-order valence-electron chi connectivity index (χ3n) is 6.75. The number of pyridine rings is 1. The Bertz CT molecular complexity index is 1340. The van der Waals surface area contributed by atoms with Crippen LogP contribution in [0.1, 0.15) is 22.8 Å². The minimum absolute atomic E-state index is 0.240. The number of halogens is 1. The molecule has 0 amide bonds. The van der Waals surface area contributed by atoms with Crippen molar-refractivity contribution in [1.29, 1.82) is 0 Å². The molecule has 10 heteroatoms. The number of benzene rings is 1. The zero-order chi connectivity index (χ0) is 25.2. The van der Waals surface area contributed by atoms with Gasteiger partial charge in [0.1, 0.15) is 28.6 Å². The van der Waals surface area contributed by atoms with E-state index in [4.69, 9.17) is 19.2 Å². The SMILES string of the molecule is COc1ccc(CCc2nc3cc(-c4c(C)noc4C)cnc3n2CCN2CC[S+]([O-])CC2)cc1F. The van der Waals surface area contributed by atoms with Gasteiger partial charge in [-0.25, -0.2) is 14.4 Å². The molecular formula is C26H30FN5O3S. The van der Waals surface area contributed by atoms with Gasteiger partial charge in [-0.1, -0.05) is 22.4 Å². The summed E-state index contributed by atoms with van der Waals surface area (Å²) in [5.74, 6) is 2.97. The lowest BCUT2D eigenvalue weighted by molar-refractivity contribution is 0.283. The molecule has 0 bridgehead atoms. The first-order valence-corrected chi connectivity index (χ1v) is 13.6. The summed E-state index contributed by atoms with van der Waals surface area (Å²) in [5.41, 5.74) is 5.19. The van der Waals surface area contributed by atoms with Crippen LogP contribution in [0.25, 0.3) is 22.3 Å². The quantitative estimate of drug-likeness (QED) is 0.333. The average molecular weight is 512 g/mol.